The van der Waals surface area contributed by atoms with E-state index in [4.69, 9.17) is 23.2 Å². The molecule has 0 atom stereocenters. The lowest BCUT2D eigenvalue weighted by atomic mass is 9.98. The molecule has 3 aromatic heterocycles. The van der Waals surface area contributed by atoms with E-state index in [0.29, 0.717) is 22.9 Å². The minimum atomic E-state index is -0.510. The van der Waals surface area contributed by atoms with Gasteiger partial charge in [0.1, 0.15) is 0 Å². The van der Waals surface area contributed by atoms with Gasteiger partial charge in [0.2, 0.25) is 0 Å². The molecule has 0 amide bonds. The third-order valence-electron chi connectivity index (χ3n) is 10.1. The summed E-state index contributed by atoms with van der Waals surface area (Å²) in [5.41, 5.74) is 6.07. The van der Waals surface area contributed by atoms with Gasteiger partial charge in [-0.2, -0.15) is 0 Å². The van der Waals surface area contributed by atoms with Crippen molar-refractivity contribution in [3.05, 3.63) is 194 Å². The quantitative estimate of drug-likeness (QED) is 0.170. The van der Waals surface area contributed by atoms with Crippen LogP contribution in [0.15, 0.2) is 194 Å². The monoisotopic (exact) mass is 740 g/mol. The van der Waals surface area contributed by atoms with Gasteiger partial charge in [0.25, 0.3) is 0 Å². The van der Waals surface area contributed by atoms with Crippen molar-refractivity contribution in [2.75, 3.05) is 0 Å². The van der Waals surface area contributed by atoms with Crippen LogP contribution >= 0.6 is 11.3 Å². The first-order chi connectivity index (χ1) is 31.1. The fraction of sp³-hybridized carbons (Fsp3) is 0. The molecule has 0 unspecified atom stereocenters. The van der Waals surface area contributed by atoms with E-state index in [1.807, 2.05) is 91.0 Å². The third kappa shape index (κ3) is 5.48. The van der Waals surface area contributed by atoms with Crippen LogP contribution in [0, 0.1) is 0 Å². The molecule has 0 spiro atoms. The predicted molar refractivity (Wildman–Crippen MR) is 234 cm³/mol. The topological polar surface area (TPSA) is 43.6 Å². The van der Waals surface area contributed by atoms with E-state index >= 15 is 0 Å². The highest BCUT2D eigenvalue weighted by atomic mass is 32.1. The lowest BCUT2D eigenvalue weighted by Gasteiger charge is -2.16. The molecule has 0 N–H and O–H groups in total. The van der Waals surface area contributed by atoms with E-state index in [2.05, 4.69) is 48.5 Å². The molecule has 0 aliphatic carbocycles. The summed E-state index contributed by atoms with van der Waals surface area (Å²) in [6.45, 7) is 0. The van der Waals surface area contributed by atoms with Crippen LogP contribution < -0.4 is 0 Å². The molecule has 3 heterocycles. The lowest BCUT2D eigenvalue weighted by molar-refractivity contribution is 1.07. The molecule has 0 saturated carbocycles. The maximum Gasteiger partial charge on any atom is 0.166 e. The van der Waals surface area contributed by atoms with Crippen molar-refractivity contribution in [3.63, 3.8) is 0 Å². The molecule has 4 nitrogen and oxygen atoms in total. The SMILES string of the molecule is [2H]c1c([2H])c([2H])c2c(c1[2H])c1c([2H])c([2H])c([2H])c([2H])c1n2-c1ccc(-c2ccc(-c3ccccc3)cc2)cc1-c1nc(-c2ccccc2)nc(-c2ccc3c(c2)sc2ccccc23)n1. The Bertz CT molecular complexity index is 3630. The van der Waals surface area contributed by atoms with Crippen molar-refractivity contribution < 1.29 is 11.0 Å². The molecule has 262 valence electrons. The summed E-state index contributed by atoms with van der Waals surface area (Å²) in [4.78, 5) is 15.4. The van der Waals surface area contributed by atoms with Crippen LogP contribution in [-0.2, 0) is 0 Å². The van der Waals surface area contributed by atoms with Gasteiger partial charge in [-0.05, 0) is 58.6 Å². The van der Waals surface area contributed by atoms with Crippen LogP contribution in [-0.4, -0.2) is 19.5 Å². The minimum Gasteiger partial charge on any atom is -0.309 e. The Morgan fingerprint density at radius 1 is 0.393 bits per heavy atom. The Labute approximate surface area is 338 Å². The smallest absolute Gasteiger partial charge is 0.166 e. The van der Waals surface area contributed by atoms with E-state index in [1.54, 1.807) is 17.4 Å². The van der Waals surface area contributed by atoms with E-state index < -0.39 is 48.3 Å². The van der Waals surface area contributed by atoms with Gasteiger partial charge in [-0.15, -0.1) is 11.3 Å². The molecule has 11 rings (SSSR count). The highest BCUT2D eigenvalue weighted by Gasteiger charge is 2.21. The van der Waals surface area contributed by atoms with Crippen molar-refractivity contribution in [2.45, 2.75) is 0 Å². The average Bonchev–Trinajstić information content (AvgIpc) is 3.90. The zero-order chi connectivity index (χ0) is 44.0. The Morgan fingerprint density at radius 2 is 0.911 bits per heavy atom. The standard InChI is InChI=1S/C51H32N4S/c1-3-13-33(14-4-1)34-23-25-35(26-24-34)37-28-30-46(55-44-20-10-7-17-39(44)40-18-8-11-21-45(40)55)43(31-37)51-53-49(36-15-5-2-6-16-36)52-50(54-51)38-27-29-42-41-19-9-12-22-47(41)56-48(42)32-38/h1-32H/i7D,8D,10D,11D,17D,18D,20D,21D. The second kappa shape index (κ2) is 13.3. The number of nitrogens with zero attached hydrogens (tertiary/aromatic N) is 4. The van der Waals surface area contributed by atoms with Crippen LogP contribution in [0.2, 0.25) is 0 Å². The number of aromatic nitrogens is 4. The number of hydrogen-bond donors (Lipinski definition) is 0. The summed E-state index contributed by atoms with van der Waals surface area (Å²) in [6, 6.07) is 44.2. The summed E-state index contributed by atoms with van der Waals surface area (Å²) in [5, 5.41) is 2.25. The number of para-hydroxylation sites is 2. The Morgan fingerprint density at radius 3 is 1.62 bits per heavy atom. The van der Waals surface area contributed by atoms with Crippen LogP contribution in [0.3, 0.4) is 0 Å². The van der Waals surface area contributed by atoms with Crippen LogP contribution in [0.1, 0.15) is 11.0 Å². The van der Waals surface area contributed by atoms with Crippen molar-refractivity contribution in [1.29, 1.82) is 0 Å². The van der Waals surface area contributed by atoms with E-state index in [9.17, 15) is 2.74 Å². The first-order valence-corrected chi connectivity index (χ1v) is 18.9. The molecule has 0 bridgehead atoms. The van der Waals surface area contributed by atoms with Crippen molar-refractivity contribution in [2.24, 2.45) is 0 Å². The van der Waals surface area contributed by atoms with Crippen molar-refractivity contribution >= 4 is 53.3 Å². The highest BCUT2D eigenvalue weighted by molar-refractivity contribution is 7.25. The predicted octanol–water partition coefficient (Wildman–Crippen LogP) is 13.7. The number of fused-ring (bicyclic) bond motifs is 6. The first-order valence-electron chi connectivity index (χ1n) is 22.1. The molecule has 0 radical (unpaired) electrons. The lowest BCUT2D eigenvalue weighted by Crippen LogP contribution is -2.04. The highest BCUT2D eigenvalue weighted by Crippen LogP contribution is 2.40. The van der Waals surface area contributed by atoms with Crippen LogP contribution in [0.5, 0.6) is 0 Å². The fourth-order valence-electron chi connectivity index (χ4n) is 7.44. The van der Waals surface area contributed by atoms with Crippen LogP contribution in [0.25, 0.3) is 104 Å². The summed E-state index contributed by atoms with van der Waals surface area (Å²) in [7, 11) is 0. The summed E-state index contributed by atoms with van der Waals surface area (Å²) in [5.74, 6) is 1.04. The van der Waals surface area contributed by atoms with E-state index in [-0.39, 0.29) is 27.6 Å². The molecule has 0 aliphatic rings. The Hall–Kier alpha value is -7.21. The molecule has 8 aromatic carbocycles. The zero-order valence-corrected chi connectivity index (χ0v) is 30.4. The van der Waals surface area contributed by atoms with E-state index in [0.717, 1.165) is 53.6 Å². The summed E-state index contributed by atoms with van der Waals surface area (Å²) in [6.07, 6.45) is 0. The minimum absolute atomic E-state index is 0.00184. The number of hydrogen-bond acceptors (Lipinski definition) is 4. The maximum atomic E-state index is 9.27. The largest absolute Gasteiger partial charge is 0.309 e. The number of rotatable bonds is 6. The van der Waals surface area contributed by atoms with Gasteiger partial charge in [0, 0.05) is 47.6 Å². The third-order valence-corrected chi connectivity index (χ3v) is 11.3. The second-order valence-corrected chi connectivity index (χ2v) is 14.5. The van der Waals surface area contributed by atoms with Gasteiger partial charge < -0.3 is 4.57 Å². The zero-order valence-electron chi connectivity index (χ0n) is 37.6. The van der Waals surface area contributed by atoms with E-state index in [1.165, 1.54) is 4.57 Å². The summed E-state index contributed by atoms with van der Waals surface area (Å²) >= 11 is 1.68. The van der Waals surface area contributed by atoms with Crippen molar-refractivity contribution in [1.82, 2.24) is 19.5 Å². The Balaban J connectivity index is 1.23. The Kier molecular flexibility index (Phi) is 5.92. The maximum absolute atomic E-state index is 9.27. The number of benzene rings is 8. The van der Waals surface area contributed by atoms with Crippen LogP contribution in [0.4, 0.5) is 0 Å². The molecule has 56 heavy (non-hydrogen) atoms. The van der Waals surface area contributed by atoms with Crippen molar-refractivity contribution in [3.8, 4) is 62.1 Å². The van der Waals surface area contributed by atoms with Gasteiger partial charge in [-0.1, -0.05) is 158 Å². The number of thiophene rings is 1. The molecular weight excluding hydrogens is 701 g/mol. The first kappa shape index (κ1) is 25.0. The summed E-state index contributed by atoms with van der Waals surface area (Å²) < 4.78 is 75.2. The van der Waals surface area contributed by atoms with Gasteiger partial charge in [0.15, 0.2) is 17.5 Å². The van der Waals surface area contributed by atoms with Gasteiger partial charge >= 0.3 is 0 Å². The molecule has 0 saturated heterocycles. The molecule has 0 aliphatic heterocycles. The average molecular weight is 741 g/mol. The normalized spacial score (nSPS) is 13.6. The molecule has 0 fully saturated rings. The fourth-order valence-corrected chi connectivity index (χ4v) is 8.59. The molecule has 11 aromatic rings. The molecular formula is C51H32N4S. The second-order valence-electron chi connectivity index (χ2n) is 13.4. The molecule has 5 heteroatoms. The van der Waals surface area contributed by atoms with Gasteiger partial charge in [-0.3, -0.25) is 0 Å². The van der Waals surface area contributed by atoms with Gasteiger partial charge in [0.05, 0.1) is 27.7 Å². The van der Waals surface area contributed by atoms with Gasteiger partial charge in [-0.25, -0.2) is 15.0 Å².